The second-order valence-electron chi connectivity index (χ2n) is 4.23. The van der Waals surface area contributed by atoms with Crippen molar-refractivity contribution < 1.29 is 9.13 Å². The maximum Gasteiger partial charge on any atom is 0.144 e. The Morgan fingerprint density at radius 1 is 1.75 bits per heavy atom. The number of ether oxygens (including phenoxy) is 1. The molecule has 0 bridgehead atoms. The van der Waals surface area contributed by atoms with Crippen LogP contribution in [0.4, 0.5) is 4.39 Å². The topological polar surface area (TPSA) is 21.3 Å². The van der Waals surface area contributed by atoms with Gasteiger partial charge in [0.05, 0.1) is 18.1 Å². The highest BCUT2D eigenvalue weighted by Gasteiger charge is 2.33. The van der Waals surface area contributed by atoms with Gasteiger partial charge in [-0.25, -0.2) is 4.39 Å². The van der Waals surface area contributed by atoms with Crippen LogP contribution in [0.5, 0.6) is 0 Å². The molecular formula is C11H15BrFNOS. The normalized spacial score (nSPS) is 25.3. The lowest BCUT2D eigenvalue weighted by atomic mass is 9.97. The quantitative estimate of drug-likeness (QED) is 0.926. The largest absolute Gasteiger partial charge is 0.379 e. The van der Waals surface area contributed by atoms with Crippen LogP contribution in [-0.2, 0) is 10.4 Å². The van der Waals surface area contributed by atoms with E-state index < -0.39 is 5.67 Å². The zero-order valence-electron chi connectivity index (χ0n) is 9.13. The molecule has 0 saturated carbocycles. The van der Waals surface area contributed by atoms with Crippen LogP contribution in [-0.4, -0.2) is 25.8 Å². The van der Waals surface area contributed by atoms with Crippen LogP contribution in [0, 0.1) is 0 Å². The number of hydrogen-bond acceptors (Lipinski definition) is 3. The number of morpholine rings is 1. The van der Waals surface area contributed by atoms with Gasteiger partial charge in [0.15, 0.2) is 0 Å². The molecule has 0 radical (unpaired) electrons. The molecule has 2 atom stereocenters. The number of alkyl halides is 1. The first-order valence-corrected chi connectivity index (χ1v) is 7.00. The van der Waals surface area contributed by atoms with E-state index in [1.165, 1.54) is 11.3 Å². The van der Waals surface area contributed by atoms with E-state index in [9.17, 15) is 4.39 Å². The molecule has 2 nitrogen and oxygen atoms in total. The molecule has 0 aromatic carbocycles. The Morgan fingerprint density at radius 3 is 3.12 bits per heavy atom. The Morgan fingerprint density at radius 2 is 2.56 bits per heavy atom. The van der Waals surface area contributed by atoms with Gasteiger partial charge in [0, 0.05) is 23.5 Å². The van der Waals surface area contributed by atoms with Crippen molar-refractivity contribution in [2.24, 2.45) is 0 Å². The Labute approximate surface area is 107 Å². The van der Waals surface area contributed by atoms with Crippen LogP contribution in [0.25, 0.3) is 0 Å². The minimum Gasteiger partial charge on any atom is -0.379 e. The predicted octanol–water partition coefficient (Wildman–Crippen LogP) is 3.07. The summed E-state index contributed by atoms with van der Waals surface area (Å²) < 4.78 is 20.8. The third kappa shape index (κ3) is 2.83. The average molecular weight is 308 g/mol. The molecule has 2 rings (SSSR count). The summed E-state index contributed by atoms with van der Waals surface area (Å²) in [4.78, 5) is 0.764. The standard InChI is InChI=1S/C11H15BrFNOS/c1-11(13,10-9(12)2-5-16-10)6-8-7-15-4-3-14-8/h2,5,8,14H,3-4,6-7H2,1H3. The zero-order chi connectivity index (χ0) is 11.6. The number of nitrogens with one attached hydrogen (secondary N) is 1. The van der Waals surface area contributed by atoms with Gasteiger partial charge in [-0.05, 0) is 34.3 Å². The van der Waals surface area contributed by atoms with Gasteiger partial charge in [0.25, 0.3) is 0 Å². The molecule has 1 aromatic heterocycles. The first-order chi connectivity index (χ1) is 7.59. The Kier molecular flexibility index (Phi) is 4.00. The van der Waals surface area contributed by atoms with E-state index in [4.69, 9.17) is 4.74 Å². The monoisotopic (exact) mass is 307 g/mol. The fourth-order valence-corrected chi connectivity index (χ4v) is 3.82. The van der Waals surface area contributed by atoms with E-state index in [-0.39, 0.29) is 6.04 Å². The first-order valence-electron chi connectivity index (χ1n) is 5.33. The number of thiophene rings is 1. The van der Waals surface area contributed by atoms with Gasteiger partial charge >= 0.3 is 0 Å². The summed E-state index contributed by atoms with van der Waals surface area (Å²) in [7, 11) is 0. The Balaban J connectivity index is 2.04. The molecular weight excluding hydrogens is 293 g/mol. The minimum atomic E-state index is -1.30. The van der Waals surface area contributed by atoms with Crippen LogP contribution in [0.1, 0.15) is 18.2 Å². The maximum absolute atomic E-state index is 14.6. The van der Waals surface area contributed by atoms with Crippen LogP contribution in [0.3, 0.4) is 0 Å². The van der Waals surface area contributed by atoms with Crippen LogP contribution in [0.2, 0.25) is 0 Å². The lowest BCUT2D eigenvalue weighted by molar-refractivity contribution is 0.0482. The molecule has 2 heterocycles. The Hall–Kier alpha value is 0.0300. The Bertz CT molecular complexity index is 350. The lowest BCUT2D eigenvalue weighted by Gasteiger charge is -2.29. The number of rotatable bonds is 3. The SMILES string of the molecule is CC(F)(CC1COCCN1)c1sccc1Br. The van der Waals surface area contributed by atoms with Gasteiger partial charge < -0.3 is 10.1 Å². The van der Waals surface area contributed by atoms with E-state index in [0.29, 0.717) is 13.0 Å². The van der Waals surface area contributed by atoms with E-state index in [1.807, 2.05) is 11.4 Å². The number of halogens is 2. The molecule has 1 aromatic rings. The van der Waals surface area contributed by atoms with Gasteiger partial charge in [-0.3, -0.25) is 0 Å². The predicted molar refractivity (Wildman–Crippen MR) is 67.7 cm³/mol. The van der Waals surface area contributed by atoms with E-state index in [0.717, 1.165) is 22.5 Å². The molecule has 1 N–H and O–H groups in total. The van der Waals surface area contributed by atoms with E-state index in [2.05, 4.69) is 21.2 Å². The zero-order valence-corrected chi connectivity index (χ0v) is 11.5. The minimum absolute atomic E-state index is 0.109. The van der Waals surface area contributed by atoms with Gasteiger partial charge in [-0.2, -0.15) is 0 Å². The molecule has 1 aliphatic heterocycles. The van der Waals surface area contributed by atoms with Crippen molar-refractivity contribution in [3.8, 4) is 0 Å². The van der Waals surface area contributed by atoms with Crippen molar-refractivity contribution in [3.05, 3.63) is 20.8 Å². The van der Waals surface area contributed by atoms with Gasteiger partial charge in [0.1, 0.15) is 5.67 Å². The second kappa shape index (κ2) is 5.12. The molecule has 1 aliphatic rings. The molecule has 1 saturated heterocycles. The van der Waals surface area contributed by atoms with E-state index >= 15 is 0 Å². The summed E-state index contributed by atoms with van der Waals surface area (Å²) in [5.41, 5.74) is -1.30. The summed E-state index contributed by atoms with van der Waals surface area (Å²) in [6.45, 7) is 3.77. The van der Waals surface area contributed by atoms with Crippen molar-refractivity contribution in [3.63, 3.8) is 0 Å². The first kappa shape index (κ1) is 12.5. The summed E-state index contributed by atoms with van der Waals surface area (Å²) in [5.74, 6) is 0. The average Bonchev–Trinajstić information content (AvgIpc) is 2.66. The van der Waals surface area contributed by atoms with Gasteiger partial charge in [-0.1, -0.05) is 0 Å². The van der Waals surface area contributed by atoms with Crippen molar-refractivity contribution in [2.75, 3.05) is 19.8 Å². The highest BCUT2D eigenvalue weighted by atomic mass is 79.9. The fraction of sp³-hybridized carbons (Fsp3) is 0.636. The van der Waals surface area contributed by atoms with Crippen molar-refractivity contribution in [1.29, 1.82) is 0 Å². The fourth-order valence-electron chi connectivity index (χ4n) is 1.97. The highest BCUT2D eigenvalue weighted by molar-refractivity contribution is 9.10. The summed E-state index contributed by atoms with van der Waals surface area (Å²) >= 11 is 4.84. The second-order valence-corrected chi connectivity index (χ2v) is 6.00. The molecule has 2 unspecified atom stereocenters. The molecule has 1 fully saturated rings. The summed E-state index contributed by atoms with van der Waals surface area (Å²) in [6.07, 6.45) is 0.451. The van der Waals surface area contributed by atoms with Crippen molar-refractivity contribution in [1.82, 2.24) is 5.32 Å². The third-order valence-corrected chi connectivity index (χ3v) is 4.80. The molecule has 0 aliphatic carbocycles. The number of hydrogen-bond donors (Lipinski definition) is 1. The summed E-state index contributed by atoms with van der Waals surface area (Å²) in [5, 5.41) is 5.19. The summed E-state index contributed by atoms with van der Waals surface area (Å²) in [6, 6.07) is 2.00. The molecule has 0 spiro atoms. The van der Waals surface area contributed by atoms with E-state index in [1.54, 1.807) is 6.92 Å². The van der Waals surface area contributed by atoms with Crippen LogP contribution >= 0.6 is 27.3 Å². The highest BCUT2D eigenvalue weighted by Crippen LogP contribution is 2.39. The van der Waals surface area contributed by atoms with Gasteiger partial charge in [0.2, 0.25) is 0 Å². The van der Waals surface area contributed by atoms with Crippen LogP contribution < -0.4 is 5.32 Å². The third-order valence-electron chi connectivity index (χ3n) is 2.72. The molecule has 5 heteroatoms. The van der Waals surface area contributed by atoms with Gasteiger partial charge in [-0.15, -0.1) is 11.3 Å². The molecule has 0 amide bonds. The van der Waals surface area contributed by atoms with Crippen molar-refractivity contribution in [2.45, 2.75) is 25.1 Å². The smallest absolute Gasteiger partial charge is 0.144 e. The molecule has 16 heavy (non-hydrogen) atoms. The maximum atomic E-state index is 14.6. The van der Waals surface area contributed by atoms with Crippen molar-refractivity contribution >= 4 is 27.3 Å². The van der Waals surface area contributed by atoms with Crippen LogP contribution in [0.15, 0.2) is 15.9 Å². The lowest BCUT2D eigenvalue weighted by Crippen LogP contribution is -2.44. The molecule has 90 valence electrons.